The van der Waals surface area contributed by atoms with Crippen molar-refractivity contribution in [3.63, 3.8) is 0 Å². The van der Waals surface area contributed by atoms with E-state index in [2.05, 4.69) is 48.9 Å². The van der Waals surface area contributed by atoms with Crippen molar-refractivity contribution >= 4 is 31.9 Å². The van der Waals surface area contributed by atoms with E-state index in [4.69, 9.17) is 0 Å². The first kappa shape index (κ1) is 12.2. The van der Waals surface area contributed by atoms with Crippen LogP contribution in [-0.4, -0.2) is 25.4 Å². The van der Waals surface area contributed by atoms with Crippen molar-refractivity contribution in [2.75, 3.05) is 10.7 Å². The number of hydrogen-bond donors (Lipinski definition) is 0. The van der Waals surface area contributed by atoms with Crippen molar-refractivity contribution in [2.24, 2.45) is 12.5 Å². The molecule has 0 N–H and O–H groups in total. The first-order valence-corrected chi connectivity index (χ1v) is 6.86. The summed E-state index contributed by atoms with van der Waals surface area (Å²) < 4.78 is 1.84. The highest BCUT2D eigenvalue weighted by Gasteiger charge is 2.27. The number of halogens is 2. The predicted octanol–water partition coefficient (Wildman–Crippen LogP) is 2.54. The molecular formula is C9H15Br2N3. The van der Waals surface area contributed by atoms with Crippen LogP contribution in [0.3, 0.4) is 0 Å². The van der Waals surface area contributed by atoms with Gasteiger partial charge in [-0.2, -0.15) is 5.10 Å². The van der Waals surface area contributed by atoms with Crippen LogP contribution in [0.5, 0.6) is 0 Å². The van der Waals surface area contributed by atoms with Crippen LogP contribution < -0.4 is 0 Å². The summed E-state index contributed by atoms with van der Waals surface area (Å²) in [6.45, 7) is 2.21. The maximum atomic E-state index is 4.25. The summed E-state index contributed by atoms with van der Waals surface area (Å²) in [5, 5.41) is 6.04. The van der Waals surface area contributed by atoms with E-state index in [0.29, 0.717) is 0 Å². The summed E-state index contributed by atoms with van der Waals surface area (Å²) >= 11 is 7.15. The van der Waals surface area contributed by atoms with Crippen LogP contribution in [0.25, 0.3) is 0 Å². The lowest BCUT2D eigenvalue weighted by atomic mass is 9.86. The molecule has 0 aliphatic carbocycles. The number of aromatic nitrogens is 3. The Hall–Kier alpha value is 0.1000. The number of rotatable bonds is 5. The van der Waals surface area contributed by atoms with Gasteiger partial charge in [-0.05, 0) is 11.8 Å². The Bertz CT molecular complexity index is 273. The first-order valence-electron chi connectivity index (χ1n) is 4.62. The lowest BCUT2D eigenvalue weighted by molar-refractivity contribution is 0.359. The highest BCUT2D eigenvalue weighted by molar-refractivity contribution is 9.09. The Labute approximate surface area is 102 Å². The molecular weight excluding hydrogens is 310 g/mol. The first-order chi connectivity index (χ1) is 6.67. The van der Waals surface area contributed by atoms with Crippen LogP contribution in [0.1, 0.15) is 19.2 Å². The van der Waals surface area contributed by atoms with Crippen molar-refractivity contribution in [1.82, 2.24) is 14.8 Å². The van der Waals surface area contributed by atoms with Gasteiger partial charge in [0.25, 0.3) is 0 Å². The zero-order chi connectivity index (χ0) is 10.6. The summed E-state index contributed by atoms with van der Waals surface area (Å²) in [5.74, 6) is 1.05. The molecule has 1 aromatic rings. The number of aryl methyl sites for hydroxylation is 1. The largest absolute Gasteiger partial charge is 0.253 e. The lowest BCUT2D eigenvalue weighted by Gasteiger charge is -2.27. The van der Waals surface area contributed by atoms with Crippen molar-refractivity contribution in [1.29, 1.82) is 0 Å². The van der Waals surface area contributed by atoms with Gasteiger partial charge in [-0.1, -0.05) is 38.8 Å². The van der Waals surface area contributed by atoms with E-state index in [1.807, 2.05) is 11.7 Å². The molecule has 0 bridgehead atoms. The monoisotopic (exact) mass is 323 g/mol. The molecule has 0 radical (unpaired) electrons. The molecule has 14 heavy (non-hydrogen) atoms. The van der Waals surface area contributed by atoms with Gasteiger partial charge >= 0.3 is 0 Å². The second-order valence-corrected chi connectivity index (χ2v) is 4.72. The van der Waals surface area contributed by atoms with Crippen LogP contribution in [0.2, 0.25) is 0 Å². The normalized spacial score (nSPS) is 12.0. The van der Waals surface area contributed by atoms with E-state index < -0.39 is 0 Å². The zero-order valence-electron chi connectivity index (χ0n) is 8.50. The Balaban J connectivity index is 2.79. The van der Waals surface area contributed by atoms with E-state index in [1.54, 1.807) is 6.33 Å². The van der Waals surface area contributed by atoms with E-state index in [1.165, 1.54) is 0 Å². The van der Waals surface area contributed by atoms with Gasteiger partial charge in [-0.25, -0.2) is 4.98 Å². The summed E-state index contributed by atoms with van der Waals surface area (Å²) in [7, 11) is 1.94. The third kappa shape index (κ3) is 2.57. The molecule has 0 aromatic carbocycles. The predicted molar refractivity (Wildman–Crippen MR) is 65.0 cm³/mol. The summed E-state index contributed by atoms with van der Waals surface area (Å²) in [4.78, 5) is 4.25. The Morgan fingerprint density at radius 3 is 2.43 bits per heavy atom. The number of hydrogen-bond acceptors (Lipinski definition) is 2. The minimum atomic E-state index is 0.251. The highest BCUT2D eigenvalue weighted by Crippen LogP contribution is 2.30. The average molecular weight is 325 g/mol. The van der Waals surface area contributed by atoms with Gasteiger partial charge < -0.3 is 0 Å². The molecule has 0 saturated carbocycles. The second-order valence-electron chi connectivity index (χ2n) is 3.60. The molecule has 0 aliphatic heterocycles. The Morgan fingerprint density at radius 2 is 2.07 bits per heavy atom. The van der Waals surface area contributed by atoms with Gasteiger partial charge in [-0.15, -0.1) is 0 Å². The molecule has 0 aliphatic rings. The molecule has 3 nitrogen and oxygen atoms in total. The van der Waals surface area contributed by atoms with Gasteiger partial charge in [0.05, 0.1) is 0 Å². The topological polar surface area (TPSA) is 30.7 Å². The van der Waals surface area contributed by atoms with Gasteiger partial charge in [0.2, 0.25) is 0 Å². The smallest absolute Gasteiger partial charge is 0.138 e. The molecule has 1 heterocycles. The molecule has 0 unspecified atom stereocenters. The fraction of sp³-hybridized carbons (Fsp3) is 0.778. The van der Waals surface area contributed by atoms with E-state index in [0.717, 1.165) is 29.3 Å². The maximum absolute atomic E-state index is 4.25. The third-order valence-corrected chi connectivity index (χ3v) is 5.03. The van der Waals surface area contributed by atoms with Crippen molar-refractivity contribution in [2.45, 2.75) is 19.8 Å². The molecule has 0 saturated heterocycles. The molecule has 1 rings (SSSR count). The molecule has 0 fully saturated rings. The molecule has 0 atom stereocenters. The summed E-state index contributed by atoms with van der Waals surface area (Å²) in [5.41, 5.74) is 0.251. The van der Waals surface area contributed by atoms with Gasteiger partial charge in [-0.3, -0.25) is 4.68 Å². The molecule has 0 spiro atoms. The SMILES string of the molecule is CCC(CBr)(CBr)Cc1ncnn1C. The number of nitrogens with zero attached hydrogens (tertiary/aromatic N) is 3. The van der Waals surface area contributed by atoms with E-state index in [-0.39, 0.29) is 5.41 Å². The van der Waals surface area contributed by atoms with Crippen molar-refractivity contribution in [3.05, 3.63) is 12.2 Å². The Morgan fingerprint density at radius 1 is 1.43 bits per heavy atom. The van der Waals surface area contributed by atoms with Crippen LogP contribution in [-0.2, 0) is 13.5 Å². The van der Waals surface area contributed by atoms with Crippen LogP contribution in [0, 0.1) is 5.41 Å². The van der Waals surface area contributed by atoms with E-state index in [9.17, 15) is 0 Å². The molecule has 1 aromatic heterocycles. The van der Waals surface area contributed by atoms with Crippen molar-refractivity contribution < 1.29 is 0 Å². The van der Waals surface area contributed by atoms with Gasteiger partial charge in [0, 0.05) is 24.1 Å². The molecule has 80 valence electrons. The highest BCUT2D eigenvalue weighted by atomic mass is 79.9. The summed E-state index contributed by atoms with van der Waals surface area (Å²) in [6, 6.07) is 0. The fourth-order valence-electron chi connectivity index (χ4n) is 1.26. The van der Waals surface area contributed by atoms with Gasteiger partial charge in [0.15, 0.2) is 0 Å². The van der Waals surface area contributed by atoms with Crippen LogP contribution >= 0.6 is 31.9 Å². The third-order valence-electron chi connectivity index (χ3n) is 2.66. The second kappa shape index (κ2) is 5.26. The van der Waals surface area contributed by atoms with Gasteiger partial charge in [0.1, 0.15) is 12.2 Å². The average Bonchev–Trinajstić information content (AvgIpc) is 2.61. The Kier molecular flexibility index (Phi) is 4.57. The fourth-order valence-corrected chi connectivity index (χ4v) is 3.38. The standard InChI is InChI=1S/C9H15Br2N3/c1-3-9(5-10,6-11)4-8-12-7-13-14(8)2/h7H,3-6H2,1-2H3. The lowest BCUT2D eigenvalue weighted by Crippen LogP contribution is -2.28. The minimum absolute atomic E-state index is 0.251. The quantitative estimate of drug-likeness (QED) is 0.779. The zero-order valence-corrected chi connectivity index (χ0v) is 11.7. The van der Waals surface area contributed by atoms with E-state index >= 15 is 0 Å². The minimum Gasteiger partial charge on any atom is -0.253 e. The molecule has 0 amide bonds. The van der Waals surface area contributed by atoms with Crippen molar-refractivity contribution in [3.8, 4) is 0 Å². The van der Waals surface area contributed by atoms with Crippen LogP contribution in [0.4, 0.5) is 0 Å². The summed E-state index contributed by atoms with van der Waals surface area (Å²) in [6.07, 6.45) is 3.69. The van der Waals surface area contributed by atoms with Crippen LogP contribution in [0.15, 0.2) is 6.33 Å². The number of alkyl halides is 2. The maximum Gasteiger partial charge on any atom is 0.138 e. The molecule has 5 heteroatoms.